The van der Waals surface area contributed by atoms with Crippen molar-refractivity contribution in [1.29, 1.82) is 0 Å². The molecule has 3 aliphatic rings. The molecule has 4 rings (SSSR count). The summed E-state index contributed by atoms with van der Waals surface area (Å²) in [6.45, 7) is 5.54. The number of hydrogen-bond donors (Lipinski definition) is 0. The molecule has 3 fully saturated rings. The van der Waals surface area contributed by atoms with Crippen LogP contribution in [0.15, 0.2) is 24.5 Å². The Morgan fingerprint density at radius 3 is 3.04 bits per heavy atom. The number of likely N-dealkylation sites (N-methyl/N-ethyl adjacent to an activating group) is 1. The number of rotatable bonds is 5. The molecule has 0 radical (unpaired) electrons. The van der Waals surface area contributed by atoms with Crippen LogP contribution in [0.3, 0.4) is 0 Å². The third-order valence-electron chi connectivity index (χ3n) is 6.26. The van der Waals surface area contributed by atoms with E-state index in [1.54, 1.807) is 6.20 Å². The first kappa shape index (κ1) is 17.9. The highest BCUT2D eigenvalue weighted by Crippen LogP contribution is 2.39. The summed E-state index contributed by atoms with van der Waals surface area (Å²) in [7, 11) is 2.20. The predicted molar refractivity (Wildman–Crippen MR) is 97.5 cm³/mol. The molecule has 2 unspecified atom stereocenters. The van der Waals surface area contributed by atoms with Crippen LogP contribution in [0.2, 0.25) is 0 Å². The van der Waals surface area contributed by atoms with Gasteiger partial charge >= 0.3 is 0 Å². The monoisotopic (exact) mass is 359 g/mol. The van der Waals surface area contributed by atoms with Gasteiger partial charge in [0, 0.05) is 38.7 Å². The van der Waals surface area contributed by atoms with E-state index >= 15 is 0 Å². The van der Waals surface area contributed by atoms with Crippen molar-refractivity contribution in [3.05, 3.63) is 30.1 Å². The van der Waals surface area contributed by atoms with Crippen LogP contribution in [-0.4, -0.2) is 72.7 Å². The molecule has 1 aromatic rings. The van der Waals surface area contributed by atoms with Crippen LogP contribution in [0.1, 0.15) is 24.8 Å². The summed E-state index contributed by atoms with van der Waals surface area (Å²) in [5.74, 6) is 0.936. The number of aromatic nitrogens is 1. The number of likely N-dealkylation sites (tertiary alicyclic amines) is 2. The minimum absolute atomic E-state index is 0.0832. The number of ether oxygens (including phenoxy) is 2. The predicted octanol–water partition coefficient (Wildman–Crippen LogP) is 1.56. The molecule has 6 heteroatoms. The van der Waals surface area contributed by atoms with Crippen molar-refractivity contribution >= 4 is 5.91 Å². The fraction of sp³-hybridized carbons (Fsp3) is 0.700. The molecular formula is C20H29N3O3. The summed E-state index contributed by atoms with van der Waals surface area (Å²) in [4.78, 5) is 21.2. The van der Waals surface area contributed by atoms with Gasteiger partial charge in [0.25, 0.3) is 0 Å². The summed E-state index contributed by atoms with van der Waals surface area (Å²) in [5, 5.41) is 0. The Morgan fingerprint density at radius 2 is 2.31 bits per heavy atom. The smallest absolute Gasteiger partial charge is 0.228 e. The maximum Gasteiger partial charge on any atom is 0.228 e. The van der Waals surface area contributed by atoms with Gasteiger partial charge in [0.15, 0.2) is 0 Å². The molecular weight excluding hydrogens is 330 g/mol. The highest BCUT2D eigenvalue weighted by Gasteiger charge is 2.51. The lowest BCUT2D eigenvalue weighted by Crippen LogP contribution is -2.73. The maximum absolute atomic E-state index is 12.6. The lowest BCUT2D eigenvalue weighted by atomic mass is 9.75. The van der Waals surface area contributed by atoms with Crippen LogP contribution in [0, 0.1) is 11.8 Å². The van der Waals surface area contributed by atoms with Crippen molar-refractivity contribution in [2.45, 2.75) is 31.4 Å². The minimum atomic E-state index is 0.0832. The second kappa shape index (κ2) is 7.62. The Labute approximate surface area is 155 Å². The van der Waals surface area contributed by atoms with Gasteiger partial charge < -0.3 is 14.4 Å². The summed E-state index contributed by atoms with van der Waals surface area (Å²) in [5.41, 5.74) is 1.27. The number of pyridine rings is 1. The van der Waals surface area contributed by atoms with E-state index in [4.69, 9.17) is 9.47 Å². The van der Waals surface area contributed by atoms with Crippen molar-refractivity contribution in [1.82, 2.24) is 14.8 Å². The Hall–Kier alpha value is -1.50. The van der Waals surface area contributed by atoms with Crippen LogP contribution in [-0.2, 0) is 20.9 Å². The van der Waals surface area contributed by atoms with Crippen molar-refractivity contribution in [2.75, 3.05) is 46.5 Å². The number of carbonyl (C=O) groups excluding carboxylic acids is 1. The fourth-order valence-electron chi connectivity index (χ4n) is 4.56. The standard InChI is InChI=1S/C20H29N3O3/c1-22-7-4-16(11-26-12-17-3-2-6-21-10-17)9-20(22)14-23(15-20)19(24)18-5-8-25-13-18/h2-3,6,10,16,18H,4-5,7-9,11-15H2,1H3. The van der Waals surface area contributed by atoms with Gasteiger partial charge in [-0.15, -0.1) is 0 Å². The molecule has 1 aromatic heterocycles. The summed E-state index contributed by atoms with van der Waals surface area (Å²) in [6, 6.07) is 3.99. The first-order chi connectivity index (χ1) is 12.7. The third kappa shape index (κ3) is 3.63. The van der Waals surface area contributed by atoms with E-state index in [1.807, 2.05) is 23.2 Å². The largest absolute Gasteiger partial charge is 0.381 e. The van der Waals surface area contributed by atoms with Crippen LogP contribution in [0.25, 0.3) is 0 Å². The summed E-state index contributed by atoms with van der Waals surface area (Å²) < 4.78 is 11.3. The lowest BCUT2D eigenvalue weighted by Gasteiger charge is -2.59. The van der Waals surface area contributed by atoms with Crippen molar-refractivity contribution in [2.24, 2.45) is 11.8 Å². The average molecular weight is 359 g/mol. The average Bonchev–Trinajstić information content (AvgIpc) is 3.16. The van der Waals surface area contributed by atoms with Gasteiger partial charge in [0.2, 0.25) is 5.91 Å². The molecule has 6 nitrogen and oxygen atoms in total. The second-order valence-corrected chi connectivity index (χ2v) is 8.14. The highest BCUT2D eigenvalue weighted by atomic mass is 16.5. The molecule has 0 aliphatic carbocycles. The molecule has 0 N–H and O–H groups in total. The second-order valence-electron chi connectivity index (χ2n) is 8.14. The van der Waals surface area contributed by atoms with Crippen LogP contribution < -0.4 is 0 Å². The molecule has 142 valence electrons. The number of amides is 1. The van der Waals surface area contributed by atoms with Gasteiger partial charge in [-0.2, -0.15) is 0 Å². The number of nitrogens with zero attached hydrogens (tertiary/aromatic N) is 3. The van der Waals surface area contributed by atoms with Crippen LogP contribution in [0.4, 0.5) is 0 Å². The first-order valence-corrected chi connectivity index (χ1v) is 9.71. The van der Waals surface area contributed by atoms with Crippen LogP contribution >= 0.6 is 0 Å². The van der Waals surface area contributed by atoms with E-state index in [-0.39, 0.29) is 17.4 Å². The first-order valence-electron chi connectivity index (χ1n) is 9.71. The number of hydrogen-bond acceptors (Lipinski definition) is 5. The van der Waals surface area contributed by atoms with E-state index in [2.05, 4.69) is 16.9 Å². The third-order valence-corrected chi connectivity index (χ3v) is 6.26. The van der Waals surface area contributed by atoms with Gasteiger partial charge in [0.1, 0.15) is 0 Å². The molecule has 0 aromatic carbocycles. The van der Waals surface area contributed by atoms with Crippen molar-refractivity contribution in [3.63, 3.8) is 0 Å². The summed E-state index contributed by atoms with van der Waals surface area (Å²) >= 11 is 0. The molecule has 3 saturated heterocycles. The Bertz CT molecular complexity index is 612. The Morgan fingerprint density at radius 1 is 1.42 bits per heavy atom. The number of carbonyl (C=O) groups is 1. The van der Waals surface area contributed by atoms with Gasteiger partial charge in [-0.25, -0.2) is 0 Å². The number of piperidine rings is 1. The molecule has 4 heterocycles. The Balaban J connectivity index is 1.26. The molecule has 0 saturated carbocycles. The van der Waals surface area contributed by atoms with Crippen molar-refractivity contribution < 1.29 is 14.3 Å². The van der Waals surface area contributed by atoms with Gasteiger partial charge in [-0.05, 0) is 50.4 Å². The Kier molecular flexibility index (Phi) is 5.25. The molecule has 1 amide bonds. The summed E-state index contributed by atoms with van der Waals surface area (Å²) in [6.07, 6.45) is 6.80. The molecule has 26 heavy (non-hydrogen) atoms. The van der Waals surface area contributed by atoms with E-state index in [0.29, 0.717) is 19.1 Å². The van der Waals surface area contributed by atoms with Gasteiger partial charge in [-0.3, -0.25) is 14.7 Å². The minimum Gasteiger partial charge on any atom is -0.381 e. The molecule has 2 atom stereocenters. The quantitative estimate of drug-likeness (QED) is 0.799. The van der Waals surface area contributed by atoms with E-state index in [9.17, 15) is 4.79 Å². The van der Waals surface area contributed by atoms with Crippen molar-refractivity contribution in [3.8, 4) is 0 Å². The normalized spacial score (nSPS) is 28.3. The lowest BCUT2D eigenvalue weighted by molar-refractivity contribution is -0.155. The maximum atomic E-state index is 12.6. The van der Waals surface area contributed by atoms with E-state index in [1.165, 1.54) is 0 Å². The van der Waals surface area contributed by atoms with Crippen LogP contribution in [0.5, 0.6) is 0 Å². The zero-order chi connectivity index (χ0) is 18.0. The SMILES string of the molecule is CN1CCC(COCc2cccnc2)CC12CN(C(=O)C1CCOC1)C2. The zero-order valence-electron chi connectivity index (χ0n) is 15.6. The fourth-order valence-corrected chi connectivity index (χ4v) is 4.56. The van der Waals surface area contributed by atoms with E-state index < -0.39 is 0 Å². The highest BCUT2D eigenvalue weighted by molar-refractivity contribution is 5.80. The van der Waals surface area contributed by atoms with E-state index in [0.717, 1.165) is 57.7 Å². The van der Waals surface area contributed by atoms with Gasteiger partial charge in [0.05, 0.1) is 24.7 Å². The molecule has 0 bridgehead atoms. The molecule has 1 spiro atoms. The topological polar surface area (TPSA) is 54.9 Å². The molecule has 3 aliphatic heterocycles. The van der Waals surface area contributed by atoms with Gasteiger partial charge in [-0.1, -0.05) is 6.07 Å². The zero-order valence-corrected chi connectivity index (χ0v) is 15.6.